The number of nitrogens with zero attached hydrogens (tertiary/aromatic N) is 2. The molecule has 0 saturated heterocycles. The molecule has 0 aliphatic carbocycles. The van der Waals surface area contributed by atoms with Crippen molar-refractivity contribution in [1.82, 2.24) is 20.3 Å². The fraction of sp³-hybridized carbons (Fsp3) is 0.100. The quantitative estimate of drug-likeness (QED) is 0.326. The summed E-state index contributed by atoms with van der Waals surface area (Å²) in [5.74, 6) is -0.162. The largest absolute Gasteiger partial charge is 0.482 e. The number of H-pyrrole nitrogens is 1. The summed E-state index contributed by atoms with van der Waals surface area (Å²) in [5.41, 5.74) is 2.11. The SMILES string of the molecule is O=C1COc2ccc(CNC(=O)c3ncnc4c(NS(=O)(=O)c5ccsc5)c[nH]c34)cc2N1. The summed E-state index contributed by atoms with van der Waals surface area (Å²) in [7, 11) is -3.78. The van der Waals surface area contributed by atoms with Crippen molar-refractivity contribution < 1.29 is 22.7 Å². The smallest absolute Gasteiger partial charge is 0.272 e. The number of aromatic amines is 1. The van der Waals surface area contributed by atoms with Crippen LogP contribution in [0.25, 0.3) is 11.0 Å². The zero-order chi connectivity index (χ0) is 23.0. The molecule has 0 radical (unpaired) electrons. The van der Waals surface area contributed by atoms with Gasteiger partial charge in [-0.2, -0.15) is 11.3 Å². The summed E-state index contributed by atoms with van der Waals surface area (Å²) in [6.07, 6.45) is 2.62. The molecule has 3 aromatic heterocycles. The molecule has 1 aromatic carbocycles. The van der Waals surface area contributed by atoms with Gasteiger partial charge in [-0.3, -0.25) is 14.3 Å². The van der Waals surface area contributed by atoms with Crippen molar-refractivity contribution in [1.29, 1.82) is 0 Å². The monoisotopic (exact) mass is 484 g/mol. The highest BCUT2D eigenvalue weighted by atomic mass is 32.2. The molecular weight excluding hydrogens is 468 g/mol. The van der Waals surface area contributed by atoms with E-state index in [0.717, 1.165) is 5.56 Å². The van der Waals surface area contributed by atoms with E-state index in [1.807, 2.05) is 0 Å². The van der Waals surface area contributed by atoms with E-state index >= 15 is 0 Å². The number of benzene rings is 1. The molecule has 0 saturated carbocycles. The summed E-state index contributed by atoms with van der Waals surface area (Å²) in [4.78, 5) is 35.5. The number of sulfonamides is 1. The van der Waals surface area contributed by atoms with Crippen LogP contribution in [0.1, 0.15) is 16.1 Å². The maximum atomic E-state index is 12.8. The second kappa shape index (κ2) is 8.18. The van der Waals surface area contributed by atoms with Crippen LogP contribution in [0.3, 0.4) is 0 Å². The average molecular weight is 485 g/mol. The second-order valence-corrected chi connectivity index (χ2v) is 9.53. The van der Waals surface area contributed by atoms with Gasteiger partial charge in [-0.25, -0.2) is 18.4 Å². The lowest BCUT2D eigenvalue weighted by Crippen LogP contribution is -2.26. The minimum absolute atomic E-state index is 0.0334. The standard InChI is InChI=1S/C20H16N6O5S2/c27-16-8-31-15-2-1-11(5-13(15)25-16)6-22-20(28)19-18-17(23-10-24-19)14(7-21-18)26-33(29,30)12-3-4-32-9-12/h1-5,7,9-10,21,26H,6,8H2,(H,22,28)(H,25,27). The fourth-order valence-electron chi connectivity index (χ4n) is 3.30. The van der Waals surface area contributed by atoms with Gasteiger partial charge in [0.05, 0.1) is 21.8 Å². The number of ether oxygens (including phenoxy) is 1. The molecule has 4 N–H and O–H groups in total. The number of carbonyl (C=O) groups excluding carboxylic acids is 2. The molecule has 13 heteroatoms. The van der Waals surface area contributed by atoms with Gasteiger partial charge < -0.3 is 20.4 Å². The molecule has 5 rings (SSSR count). The highest BCUT2D eigenvalue weighted by Gasteiger charge is 2.21. The van der Waals surface area contributed by atoms with E-state index in [2.05, 4.69) is 30.3 Å². The van der Waals surface area contributed by atoms with Gasteiger partial charge in [0.1, 0.15) is 17.6 Å². The molecule has 33 heavy (non-hydrogen) atoms. The zero-order valence-electron chi connectivity index (χ0n) is 16.8. The van der Waals surface area contributed by atoms with E-state index in [1.54, 1.807) is 23.6 Å². The number of anilines is 2. The molecule has 4 aromatic rings. The van der Waals surface area contributed by atoms with E-state index in [-0.39, 0.29) is 40.9 Å². The highest BCUT2D eigenvalue weighted by Crippen LogP contribution is 2.29. The Morgan fingerprint density at radius 1 is 1.24 bits per heavy atom. The van der Waals surface area contributed by atoms with Gasteiger partial charge in [-0.1, -0.05) is 6.07 Å². The van der Waals surface area contributed by atoms with Crippen LogP contribution in [-0.4, -0.2) is 41.8 Å². The van der Waals surface area contributed by atoms with Crippen LogP contribution in [0.15, 0.2) is 52.4 Å². The topological polar surface area (TPSA) is 155 Å². The number of thiophene rings is 1. The molecular formula is C20H16N6O5S2. The molecule has 168 valence electrons. The number of fused-ring (bicyclic) bond motifs is 2. The lowest BCUT2D eigenvalue weighted by molar-refractivity contribution is -0.118. The number of amides is 2. The predicted molar refractivity (Wildman–Crippen MR) is 121 cm³/mol. The van der Waals surface area contributed by atoms with Crippen molar-refractivity contribution >= 4 is 55.6 Å². The Morgan fingerprint density at radius 3 is 2.94 bits per heavy atom. The van der Waals surface area contributed by atoms with Crippen LogP contribution >= 0.6 is 11.3 Å². The number of nitrogens with one attached hydrogen (secondary N) is 4. The number of rotatable bonds is 6. The van der Waals surface area contributed by atoms with Gasteiger partial charge in [0, 0.05) is 18.1 Å². The van der Waals surface area contributed by atoms with Crippen molar-refractivity contribution in [2.45, 2.75) is 11.4 Å². The van der Waals surface area contributed by atoms with Crippen LogP contribution in [-0.2, 0) is 21.4 Å². The van der Waals surface area contributed by atoms with Crippen molar-refractivity contribution in [2.75, 3.05) is 16.6 Å². The van der Waals surface area contributed by atoms with Crippen molar-refractivity contribution in [3.63, 3.8) is 0 Å². The third kappa shape index (κ3) is 4.10. The number of aromatic nitrogens is 3. The molecule has 1 aliphatic rings. The molecule has 11 nitrogen and oxygen atoms in total. The maximum absolute atomic E-state index is 12.8. The molecule has 0 spiro atoms. The molecule has 0 atom stereocenters. The van der Waals surface area contributed by atoms with E-state index in [4.69, 9.17) is 4.74 Å². The summed E-state index contributed by atoms with van der Waals surface area (Å²) in [5, 5.41) is 8.66. The normalized spacial score (nSPS) is 13.2. The first kappa shape index (κ1) is 20.9. The van der Waals surface area contributed by atoms with Gasteiger partial charge in [0.15, 0.2) is 12.3 Å². The summed E-state index contributed by atoms with van der Waals surface area (Å²) < 4.78 is 32.9. The van der Waals surface area contributed by atoms with Gasteiger partial charge in [0.2, 0.25) is 0 Å². The van der Waals surface area contributed by atoms with Gasteiger partial charge in [-0.05, 0) is 29.1 Å². The first-order valence-corrected chi connectivity index (χ1v) is 12.0. The Morgan fingerprint density at radius 2 is 2.12 bits per heavy atom. The third-order valence-electron chi connectivity index (χ3n) is 4.86. The minimum atomic E-state index is -3.78. The lowest BCUT2D eigenvalue weighted by atomic mass is 10.1. The summed E-state index contributed by atoms with van der Waals surface area (Å²) in [6, 6.07) is 6.70. The van der Waals surface area contributed by atoms with Gasteiger partial charge >= 0.3 is 0 Å². The van der Waals surface area contributed by atoms with E-state index in [9.17, 15) is 18.0 Å². The first-order valence-electron chi connectivity index (χ1n) is 9.61. The maximum Gasteiger partial charge on any atom is 0.272 e. The molecule has 0 unspecified atom stereocenters. The van der Waals surface area contributed by atoms with Crippen LogP contribution in [0.5, 0.6) is 5.75 Å². The Kier molecular flexibility index (Phi) is 5.18. The lowest BCUT2D eigenvalue weighted by Gasteiger charge is -2.18. The molecule has 4 heterocycles. The number of carbonyl (C=O) groups is 2. The molecule has 1 aliphatic heterocycles. The van der Waals surface area contributed by atoms with Gasteiger partial charge in [0.25, 0.3) is 21.8 Å². The first-order chi connectivity index (χ1) is 15.9. The van der Waals surface area contributed by atoms with E-state index < -0.39 is 15.9 Å². The number of hydrogen-bond acceptors (Lipinski definition) is 8. The Hall–Kier alpha value is -3.97. The zero-order valence-corrected chi connectivity index (χ0v) is 18.4. The average Bonchev–Trinajstić information content (AvgIpc) is 3.48. The summed E-state index contributed by atoms with van der Waals surface area (Å²) >= 11 is 1.27. The minimum Gasteiger partial charge on any atom is -0.482 e. The second-order valence-electron chi connectivity index (χ2n) is 7.06. The number of hydrogen-bond donors (Lipinski definition) is 4. The summed E-state index contributed by atoms with van der Waals surface area (Å²) in [6.45, 7) is 0.139. The highest BCUT2D eigenvalue weighted by molar-refractivity contribution is 7.92. The molecule has 0 bridgehead atoms. The predicted octanol–water partition coefficient (Wildman–Crippen LogP) is 2.08. The van der Waals surface area contributed by atoms with E-state index in [0.29, 0.717) is 17.0 Å². The Bertz CT molecular complexity index is 1480. The van der Waals surface area contributed by atoms with Crippen molar-refractivity contribution in [3.05, 3.63) is 58.8 Å². The van der Waals surface area contributed by atoms with Crippen LogP contribution in [0, 0.1) is 0 Å². The fourth-order valence-corrected chi connectivity index (χ4v) is 5.39. The van der Waals surface area contributed by atoms with Crippen LogP contribution in [0.4, 0.5) is 11.4 Å². The van der Waals surface area contributed by atoms with Crippen LogP contribution < -0.4 is 20.1 Å². The molecule has 0 fully saturated rings. The van der Waals surface area contributed by atoms with Gasteiger partial charge in [-0.15, -0.1) is 0 Å². The van der Waals surface area contributed by atoms with Crippen molar-refractivity contribution in [3.8, 4) is 5.75 Å². The van der Waals surface area contributed by atoms with E-state index in [1.165, 1.54) is 35.3 Å². The Balaban J connectivity index is 1.34. The van der Waals surface area contributed by atoms with Crippen molar-refractivity contribution in [2.24, 2.45) is 0 Å². The van der Waals surface area contributed by atoms with Crippen LogP contribution in [0.2, 0.25) is 0 Å². The third-order valence-corrected chi connectivity index (χ3v) is 7.05. The Labute approximate surface area is 191 Å². The molecule has 2 amide bonds.